The van der Waals surface area contributed by atoms with Crippen LogP contribution in [0.3, 0.4) is 0 Å². The molecule has 0 saturated carbocycles. The number of aromatic nitrogens is 4. The van der Waals surface area contributed by atoms with E-state index in [1.165, 1.54) is 4.68 Å². The van der Waals surface area contributed by atoms with Gasteiger partial charge in [-0.1, -0.05) is 63.6 Å². The van der Waals surface area contributed by atoms with Crippen LogP contribution in [-0.2, 0) is 26.8 Å². The summed E-state index contributed by atoms with van der Waals surface area (Å²) in [4.78, 5) is 48.6. The summed E-state index contributed by atoms with van der Waals surface area (Å²) in [5, 5.41) is 13.7. The second kappa shape index (κ2) is 15.1. The van der Waals surface area contributed by atoms with Crippen molar-refractivity contribution in [3.63, 3.8) is 0 Å². The molecule has 4 aromatic rings. The predicted molar refractivity (Wildman–Crippen MR) is 183 cm³/mol. The monoisotopic (exact) mass is 663 g/mol. The molecule has 0 aliphatic carbocycles. The summed E-state index contributed by atoms with van der Waals surface area (Å²) in [7, 11) is 3.26. The Kier molecular flexibility index (Phi) is 11.5. The lowest BCUT2D eigenvalue weighted by atomic mass is 9.81. The third-order valence-corrected chi connectivity index (χ3v) is 8.98. The Labute approximate surface area is 281 Å². The zero-order valence-electron chi connectivity index (χ0n) is 28.3. The van der Waals surface area contributed by atoms with Crippen LogP contribution in [0, 0.1) is 11.8 Å². The van der Waals surface area contributed by atoms with Crippen LogP contribution in [0.2, 0.25) is 5.02 Å². The van der Waals surface area contributed by atoms with Crippen LogP contribution in [0.1, 0.15) is 80.9 Å². The highest BCUT2D eigenvalue weighted by molar-refractivity contribution is 6.31. The molecule has 4 N–H and O–H groups in total. The Morgan fingerprint density at radius 1 is 1.04 bits per heavy atom. The Bertz CT molecular complexity index is 1710. The van der Waals surface area contributed by atoms with Gasteiger partial charge in [-0.3, -0.25) is 19.1 Å². The van der Waals surface area contributed by atoms with Gasteiger partial charge in [0.1, 0.15) is 17.6 Å². The minimum absolute atomic E-state index is 0.0583. The van der Waals surface area contributed by atoms with Gasteiger partial charge in [0.2, 0.25) is 11.8 Å². The molecule has 0 radical (unpaired) electrons. The number of ether oxygens (including phenoxy) is 1. The molecule has 11 nitrogen and oxygen atoms in total. The van der Waals surface area contributed by atoms with E-state index in [0.29, 0.717) is 39.7 Å². The van der Waals surface area contributed by atoms with E-state index in [0.717, 1.165) is 5.56 Å². The van der Waals surface area contributed by atoms with Crippen LogP contribution in [0.4, 0.5) is 0 Å². The lowest BCUT2D eigenvalue weighted by molar-refractivity contribution is -0.134. The van der Waals surface area contributed by atoms with Crippen LogP contribution in [0.5, 0.6) is 0 Å². The molecule has 4 rings (SSSR count). The van der Waals surface area contributed by atoms with Crippen molar-refractivity contribution in [3.05, 3.63) is 82.4 Å². The quantitative estimate of drug-likeness (QED) is 0.149. The summed E-state index contributed by atoms with van der Waals surface area (Å²) in [6.45, 7) is 12.1. The number of halogens is 1. The Morgan fingerprint density at radius 3 is 2.36 bits per heavy atom. The minimum atomic E-state index is -1.13. The van der Waals surface area contributed by atoms with Gasteiger partial charge in [0.05, 0.1) is 29.1 Å². The van der Waals surface area contributed by atoms with E-state index < -0.39 is 17.5 Å². The van der Waals surface area contributed by atoms with Crippen LogP contribution < -0.4 is 16.0 Å². The fourth-order valence-electron chi connectivity index (χ4n) is 6.02. The number of amides is 3. The second-order valence-electron chi connectivity index (χ2n) is 12.8. The lowest BCUT2D eigenvalue weighted by Crippen LogP contribution is -2.55. The number of carbonyl (C=O) groups is 3. The molecule has 1 unspecified atom stereocenters. The van der Waals surface area contributed by atoms with Gasteiger partial charge < -0.3 is 25.7 Å². The summed E-state index contributed by atoms with van der Waals surface area (Å²) >= 11 is 6.73. The van der Waals surface area contributed by atoms with Crippen molar-refractivity contribution >= 4 is 40.4 Å². The fraction of sp³-hybridized carbons (Fsp3) is 0.457. The normalized spacial score (nSPS) is 14.9. The predicted octanol–water partition coefficient (Wildman–Crippen LogP) is 5.04. The first-order valence-electron chi connectivity index (χ1n) is 15.9. The van der Waals surface area contributed by atoms with Crippen molar-refractivity contribution in [2.24, 2.45) is 18.9 Å². The molecule has 0 fully saturated rings. The zero-order valence-corrected chi connectivity index (χ0v) is 29.1. The van der Waals surface area contributed by atoms with Gasteiger partial charge >= 0.3 is 0 Å². The van der Waals surface area contributed by atoms with Gasteiger partial charge in [0.25, 0.3) is 5.91 Å². The highest BCUT2D eigenvalue weighted by atomic mass is 35.5. The lowest BCUT2D eigenvalue weighted by Gasteiger charge is -2.31. The van der Waals surface area contributed by atoms with E-state index >= 15 is 0 Å². The summed E-state index contributed by atoms with van der Waals surface area (Å²) in [6.07, 6.45) is 1.58. The van der Waals surface area contributed by atoms with Crippen LogP contribution in [0.15, 0.2) is 54.7 Å². The number of nitrogens with one attached hydrogen (secondary N) is 4. The number of methoxy groups -OCH3 is 1. The number of hydrogen-bond acceptors (Lipinski definition) is 6. The summed E-state index contributed by atoms with van der Waals surface area (Å²) in [5.41, 5.74) is 2.19. The van der Waals surface area contributed by atoms with E-state index in [1.807, 2.05) is 63.2 Å². The zero-order chi connectivity index (χ0) is 34.5. The molecule has 252 valence electrons. The number of fused-ring (bicyclic) bond motifs is 1. The standard InChI is InChI=1S/C35H46ClN7O4/c1-9-37-33(45)29(21(4)5)42-34(46)35(6,19-47-8)22-14-15-25-26(18-22)40-31(39-25)30(41-32(44)27-16-17-38-43(27)7)28(20(2)3)23-12-10-11-13-24(23)36/h10-18,20-21,28-30H,9,19H2,1-8H3,(H,37,45)(H,39,40)(H,41,44)(H,42,46)/t28-,29+,30-,35?/m0/s1. The summed E-state index contributed by atoms with van der Waals surface area (Å²) < 4.78 is 7.06. The molecule has 0 aliphatic rings. The van der Waals surface area contributed by atoms with E-state index in [4.69, 9.17) is 21.3 Å². The number of imidazole rings is 1. The van der Waals surface area contributed by atoms with E-state index in [9.17, 15) is 14.4 Å². The number of carbonyl (C=O) groups excluding carboxylic acids is 3. The number of aryl methyl sites for hydroxylation is 1. The summed E-state index contributed by atoms with van der Waals surface area (Å²) in [6, 6.07) is 13.5. The molecule has 2 aromatic carbocycles. The van der Waals surface area contributed by atoms with Crippen LogP contribution >= 0.6 is 11.6 Å². The number of nitrogens with zero attached hydrogens (tertiary/aromatic N) is 3. The van der Waals surface area contributed by atoms with Crippen molar-refractivity contribution in [2.45, 2.75) is 65.0 Å². The average Bonchev–Trinajstić information content (AvgIpc) is 3.65. The molecule has 2 heterocycles. The van der Waals surface area contributed by atoms with Gasteiger partial charge in [0, 0.05) is 37.8 Å². The van der Waals surface area contributed by atoms with Gasteiger partial charge in [-0.15, -0.1) is 0 Å². The number of aromatic amines is 1. The largest absolute Gasteiger partial charge is 0.383 e. The highest BCUT2D eigenvalue weighted by Crippen LogP contribution is 2.40. The minimum Gasteiger partial charge on any atom is -0.383 e. The molecule has 0 saturated heterocycles. The van der Waals surface area contributed by atoms with Gasteiger partial charge in [-0.25, -0.2) is 4.98 Å². The van der Waals surface area contributed by atoms with Crippen molar-refractivity contribution < 1.29 is 19.1 Å². The number of benzene rings is 2. The third kappa shape index (κ3) is 7.68. The number of likely N-dealkylation sites (N-methyl/N-ethyl adjacent to an activating group) is 1. The fourth-order valence-corrected chi connectivity index (χ4v) is 6.28. The first-order valence-corrected chi connectivity index (χ1v) is 16.3. The van der Waals surface area contributed by atoms with Gasteiger partial charge in [-0.2, -0.15) is 5.10 Å². The van der Waals surface area contributed by atoms with E-state index in [2.05, 4.69) is 39.9 Å². The molecule has 0 spiro atoms. The number of hydrogen-bond donors (Lipinski definition) is 4. The Balaban J connectivity index is 1.78. The molecular weight excluding hydrogens is 618 g/mol. The first-order chi connectivity index (χ1) is 22.3. The Morgan fingerprint density at radius 2 is 1.77 bits per heavy atom. The highest BCUT2D eigenvalue weighted by Gasteiger charge is 2.39. The molecule has 0 aliphatic heterocycles. The summed E-state index contributed by atoms with van der Waals surface area (Å²) in [5.74, 6) is -0.633. The topological polar surface area (TPSA) is 143 Å². The SMILES string of the molecule is CCNC(=O)[C@H](NC(=O)C(C)(COC)c1ccc2nc([C@@H](NC(=O)c3ccnn3C)[C@H](c3ccccc3Cl)C(C)C)[nH]c2c1)C(C)C. The van der Waals surface area contributed by atoms with Gasteiger partial charge in [0.15, 0.2) is 0 Å². The Hall–Kier alpha value is -4.22. The van der Waals surface area contributed by atoms with Crippen molar-refractivity contribution in [1.82, 2.24) is 35.7 Å². The van der Waals surface area contributed by atoms with Crippen molar-refractivity contribution in [1.29, 1.82) is 0 Å². The van der Waals surface area contributed by atoms with Crippen molar-refractivity contribution in [2.75, 3.05) is 20.3 Å². The maximum absolute atomic E-state index is 13.9. The molecule has 0 bridgehead atoms. The number of rotatable bonds is 14. The average molecular weight is 664 g/mol. The smallest absolute Gasteiger partial charge is 0.270 e. The maximum atomic E-state index is 13.9. The molecule has 2 aromatic heterocycles. The molecule has 47 heavy (non-hydrogen) atoms. The van der Waals surface area contributed by atoms with Crippen LogP contribution in [0.25, 0.3) is 11.0 Å². The van der Waals surface area contributed by atoms with Crippen LogP contribution in [-0.4, -0.2) is 63.8 Å². The van der Waals surface area contributed by atoms with Crippen molar-refractivity contribution in [3.8, 4) is 0 Å². The third-order valence-electron chi connectivity index (χ3n) is 8.63. The van der Waals surface area contributed by atoms with E-state index in [1.54, 1.807) is 33.3 Å². The van der Waals surface area contributed by atoms with E-state index in [-0.39, 0.29) is 42.1 Å². The van der Waals surface area contributed by atoms with Gasteiger partial charge in [-0.05, 0) is 61.1 Å². The number of H-pyrrole nitrogens is 1. The maximum Gasteiger partial charge on any atom is 0.270 e. The molecule has 3 amide bonds. The molecule has 12 heteroatoms. The molecule has 4 atom stereocenters. The first kappa shape index (κ1) is 35.6. The second-order valence-corrected chi connectivity index (χ2v) is 13.2. The molecular formula is C35H46ClN7O4.